The number of benzene rings is 2. The summed E-state index contributed by atoms with van der Waals surface area (Å²) in [4.78, 5) is 18.0. The van der Waals surface area contributed by atoms with Crippen molar-refractivity contribution in [3.8, 4) is 0 Å². The molecule has 0 atom stereocenters. The van der Waals surface area contributed by atoms with Crippen LogP contribution in [-0.4, -0.2) is 57.5 Å². The van der Waals surface area contributed by atoms with Gasteiger partial charge in [-0.05, 0) is 24.1 Å². The molecule has 0 aliphatic carbocycles. The molecule has 0 amide bonds. The molecular weight excluding hydrogens is 386 g/mol. The summed E-state index contributed by atoms with van der Waals surface area (Å²) in [5.41, 5.74) is 9.28. The van der Waals surface area contributed by atoms with Crippen molar-refractivity contribution in [1.82, 2.24) is 24.8 Å². The molecule has 7 nitrogen and oxygen atoms in total. The Kier molecular flexibility index (Phi) is 6.86. The van der Waals surface area contributed by atoms with Crippen LogP contribution in [0.2, 0.25) is 0 Å². The second-order valence-corrected chi connectivity index (χ2v) is 7.76. The van der Waals surface area contributed by atoms with Crippen molar-refractivity contribution >= 4 is 23.7 Å². The number of rotatable bonds is 7. The fourth-order valence-corrected chi connectivity index (χ4v) is 3.63. The van der Waals surface area contributed by atoms with Crippen LogP contribution in [-0.2, 0) is 6.54 Å². The van der Waals surface area contributed by atoms with Crippen molar-refractivity contribution in [3.05, 3.63) is 77.6 Å². The quantitative estimate of drug-likeness (QED) is 0.612. The van der Waals surface area contributed by atoms with Gasteiger partial charge in [-0.1, -0.05) is 60.7 Å². The van der Waals surface area contributed by atoms with E-state index in [0.29, 0.717) is 18.3 Å². The Morgan fingerprint density at radius 1 is 0.903 bits per heavy atom. The number of anilines is 3. The monoisotopic (exact) mass is 415 g/mol. The summed E-state index contributed by atoms with van der Waals surface area (Å²) in [5, 5.41) is 3.26. The third kappa shape index (κ3) is 6.10. The fraction of sp³-hybridized carbons (Fsp3) is 0.292. The van der Waals surface area contributed by atoms with E-state index in [1.165, 1.54) is 5.56 Å². The normalized spacial score (nSPS) is 15.4. The second-order valence-electron chi connectivity index (χ2n) is 7.76. The number of nitrogens with two attached hydrogens (primary N) is 1. The van der Waals surface area contributed by atoms with Gasteiger partial charge in [0.05, 0.1) is 6.54 Å². The number of nitrogens with zero attached hydrogens (tertiary/aromatic N) is 5. The Hall–Kier alpha value is -3.29. The van der Waals surface area contributed by atoms with Crippen molar-refractivity contribution in [3.63, 3.8) is 0 Å². The number of piperazine rings is 1. The summed E-state index contributed by atoms with van der Waals surface area (Å²) in [5.74, 6) is 1.42. The summed E-state index contributed by atoms with van der Waals surface area (Å²) in [7, 11) is 0. The SMILES string of the molecule is Cc1ccccc1Nc1nc(N)nc(CN2CCN(C/C=C/c3ccccc3)CC2)n1. The van der Waals surface area contributed by atoms with Gasteiger partial charge in [0.25, 0.3) is 0 Å². The molecule has 1 aliphatic heterocycles. The van der Waals surface area contributed by atoms with E-state index in [2.05, 4.69) is 66.5 Å². The molecule has 0 saturated carbocycles. The molecular formula is C24H29N7. The van der Waals surface area contributed by atoms with Gasteiger partial charge in [0.15, 0.2) is 0 Å². The maximum atomic E-state index is 5.94. The standard InChI is InChI=1S/C24H29N7/c1-19-8-5-6-12-21(19)26-24-28-22(27-23(25)29-24)18-31-16-14-30(15-17-31)13-7-11-20-9-3-2-4-10-20/h2-12H,13-18H2,1H3,(H3,25,26,27,28,29)/b11-7+. The number of hydrogen-bond acceptors (Lipinski definition) is 7. The first-order valence-electron chi connectivity index (χ1n) is 10.6. The van der Waals surface area contributed by atoms with Crippen LogP contribution in [0.15, 0.2) is 60.7 Å². The highest BCUT2D eigenvalue weighted by molar-refractivity contribution is 5.58. The third-order valence-corrected chi connectivity index (χ3v) is 5.39. The molecule has 1 fully saturated rings. The molecule has 3 N–H and O–H groups in total. The minimum absolute atomic E-state index is 0.241. The Morgan fingerprint density at radius 3 is 2.39 bits per heavy atom. The molecule has 1 aliphatic rings. The van der Waals surface area contributed by atoms with E-state index >= 15 is 0 Å². The van der Waals surface area contributed by atoms with E-state index in [4.69, 9.17) is 5.73 Å². The van der Waals surface area contributed by atoms with E-state index < -0.39 is 0 Å². The molecule has 4 rings (SSSR count). The highest BCUT2D eigenvalue weighted by Gasteiger charge is 2.18. The molecule has 160 valence electrons. The predicted molar refractivity (Wildman–Crippen MR) is 126 cm³/mol. The predicted octanol–water partition coefficient (Wildman–Crippen LogP) is 3.34. The van der Waals surface area contributed by atoms with Crippen LogP contribution in [0.3, 0.4) is 0 Å². The first-order valence-corrected chi connectivity index (χ1v) is 10.6. The first-order chi connectivity index (χ1) is 15.2. The van der Waals surface area contributed by atoms with Gasteiger partial charge in [-0.2, -0.15) is 15.0 Å². The number of nitrogens with one attached hydrogen (secondary N) is 1. The van der Waals surface area contributed by atoms with Crippen LogP contribution >= 0.6 is 0 Å². The van der Waals surface area contributed by atoms with Crippen molar-refractivity contribution in [2.75, 3.05) is 43.8 Å². The maximum Gasteiger partial charge on any atom is 0.232 e. The largest absolute Gasteiger partial charge is 0.368 e. The lowest BCUT2D eigenvalue weighted by molar-refractivity contribution is 0.134. The molecule has 0 bridgehead atoms. The van der Waals surface area contributed by atoms with Gasteiger partial charge in [-0.3, -0.25) is 9.80 Å². The molecule has 0 spiro atoms. The highest BCUT2D eigenvalue weighted by atomic mass is 15.3. The molecule has 7 heteroatoms. The Balaban J connectivity index is 1.29. The Bertz CT molecular complexity index is 1010. The maximum absolute atomic E-state index is 5.94. The number of aromatic nitrogens is 3. The van der Waals surface area contributed by atoms with E-state index in [0.717, 1.165) is 44.0 Å². The highest BCUT2D eigenvalue weighted by Crippen LogP contribution is 2.18. The topological polar surface area (TPSA) is 83.2 Å². The molecule has 1 aromatic heterocycles. The van der Waals surface area contributed by atoms with Gasteiger partial charge in [0, 0.05) is 38.4 Å². The van der Waals surface area contributed by atoms with Crippen molar-refractivity contribution in [1.29, 1.82) is 0 Å². The zero-order valence-corrected chi connectivity index (χ0v) is 17.9. The van der Waals surface area contributed by atoms with Crippen molar-refractivity contribution in [2.45, 2.75) is 13.5 Å². The van der Waals surface area contributed by atoms with Gasteiger partial charge < -0.3 is 11.1 Å². The Morgan fingerprint density at radius 2 is 1.61 bits per heavy atom. The summed E-state index contributed by atoms with van der Waals surface area (Å²) < 4.78 is 0. The van der Waals surface area contributed by atoms with E-state index in [9.17, 15) is 0 Å². The van der Waals surface area contributed by atoms with Crippen LogP contribution in [0.25, 0.3) is 6.08 Å². The van der Waals surface area contributed by atoms with Gasteiger partial charge in [0.2, 0.25) is 11.9 Å². The lowest BCUT2D eigenvalue weighted by Crippen LogP contribution is -2.46. The molecule has 2 aromatic carbocycles. The first kappa shape index (κ1) is 21.0. The van der Waals surface area contributed by atoms with Crippen LogP contribution in [0, 0.1) is 6.92 Å². The van der Waals surface area contributed by atoms with Gasteiger partial charge >= 0.3 is 0 Å². The Labute approximate surface area is 183 Å². The van der Waals surface area contributed by atoms with Crippen LogP contribution in [0.1, 0.15) is 17.0 Å². The minimum atomic E-state index is 0.241. The van der Waals surface area contributed by atoms with Crippen LogP contribution in [0.4, 0.5) is 17.6 Å². The number of para-hydroxylation sites is 1. The van der Waals surface area contributed by atoms with E-state index in [-0.39, 0.29) is 5.95 Å². The lowest BCUT2D eigenvalue weighted by Gasteiger charge is -2.33. The number of aryl methyl sites for hydroxylation is 1. The second kappa shape index (κ2) is 10.1. The summed E-state index contributed by atoms with van der Waals surface area (Å²) >= 11 is 0. The molecule has 2 heterocycles. The van der Waals surface area contributed by atoms with Gasteiger partial charge in [-0.25, -0.2) is 0 Å². The molecule has 1 saturated heterocycles. The van der Waals surface area contributed by atoms with E-state index in [1.807, 2.05) is 37.3 Å². The molecule has 0 unspecified atom stereocenters. The van der Waals surface area contributed by atoms with Gasteiger partial charge in [0.1, 0.15) is 5.82 Å². The van der Waals surface area contributed by atoms with Crippen molar-refractivity contribution in [2.24, 2.45) is 0 Å². The minimum Gasteiger partial charge on any atom is -0.368 e. The van der Waals surface area contributed by atoms with E-state index in [1.54, 1.807) is 0 Å². The lowest BCUT2D eigenvalue weighted by atomic mass is 10.2. The van der Waals surface area contributed by atoms with Gasteiger partial charge in [-0.15, -0.1) is 0 Å². The zero-order valence-electron chi connectivity index (χ0n) is 17.9. The zero-order chi connectivity index (χ0) is 21.5. The summed E-state index contributed by atoms with van der Waals surface area (Å²) in [6.07, 6.45) is 4.42. The smallest absolute Gasteiger partial charge is 0.232 e. The van der Waals surface area contributed by atoms with Crippen LogP contribution < -0.4 is 11.1 Å². The van der Waals surface area contributed by atoms with Crippen LogP contribution in [0.5, 0.6) is 0 Å². The average molecular weight is 416 g/mol. The summed E-state index contributed by atoms with van der Waals surface area (Å²) in [6, 6.07) is 18.4. The molecule has 0 radical (unpaired) electrons. The molecule has 3 aromatic rings. The number of nitrogen functional groups attached to an aromatic ring is 1. The molecule has 31 heavy (non-hydrogen) atoms. The average Bonchev–Trinajstić information content (AvgIpc) is 2.77. The fourth-order valence-electron chi connectivity index (χ4n) is 3.63. The third-order valence-electron chi connectivity index (χ3n) is 5.39. The van der Waals surface area contributed by atoms with Crippen molar-refractivity contribution < 1.29 is 0 Å². The number of hydrogen-bond donors (Lipinski definition) is 2. The summed E-state index contributed by atoms with van der Waals surface area (Å²) in [6.45, 7) is 7.68.